The summed E-state index contributed by atoms with van der Waals surface area (Å²) < 4.78 is 27.3. The first-order valence-electron chi connectivity index (χ1n) is 10.5. The van der Waals surface area contributed by atoms with Crippen molar-refractivity contribution in [3.05, 3.63) is 102 Å². The van der Waals surface area contributed by atoms with Crippen LogP contribution in [0.1, 0.15) is 29.7 Å². The van der Waals surface area contributed by atoms with E-state index >= 15 is 0 Å². The molecule has 0 aliphatic heterocycles. The van der Waals surface area contributed by atoms with E-state index in [1.165, 1.54) is 31.2 Å². The van der Waals surface area contributed by atoms with Crippen LogP contribution in [0.4, 0.5) is 0 Å². The van der Waals surface area contributed by atoms with E-state index < -0.39 is 33.9 Å². The van der Waals surface area contributed by atoms with Gasteiger partial charge >= 0.3 is 0 Å². The minimum absolute atomic E-state index is 0.0718. The van der Waals surface area contributed by atoms with Gasteiger partial charge in [0.1, 0.15) is 0 Å². The molecule has 0 aliphatic rings. The Kier molecular flexibility index (Phi) is 8.14. The lowest BCUT2D eigenvalue weighted by Gasteiger charge is -2.20. The van der Waals surface area contributed by atoms with Gasteiger partial charge in [-0.15, -0.1) is 0 Å². The monoisotopic (exact) mass is 476 g/mol. The molecule has 0 aliphatic carbocycles. The van der Waals surface area contributed by atoms with Crippen LogP contribution in [0.3, 0.4) is 0 Å². The van der Waals surface area contributed by atoms with Gasteiger partial charge in [0, 0.05) is 0 Å². The number of hydrogen-bond acceptors (Lipinski definition) is 5. The van der Waals surface area contributed by atoms with Crippen LogP contribution in [-0.4, -0.2) is 32.8 Å². The van der Waals surface area contributed by atoms with Crippen molar-refractivity contribution in [2.45, 2.75) is 23.9 Å². The molecule has 34 heavy (non-hydrogen) atoms. The first-order valence-corrected chi connectivity index (χ1v) is 12.0. The molecule has 3 aromatic rings. The summed E-state index contributed by atoms with van der Waals surface area (Å²) in [4.78, 5) is 25.0. The second-order valence-electron chi connectivity index (χ2n) is 7.52. The average Bonchev–Trinajstić information content (AvgIpc) is 2.86. The van der Waals surface area contributed by atoms with Crippen molar-refractivity contribution >= 4 is 21.8 Å². The Hall–Kier alpha value is -4.00. The Bertz CT molecular complexity index is 1230. The van der Waals surface area contributed by atoms with Gasteiger partial charge in [0.25, 0.3) is 0 Å². The molecule has 1 unspecified atom stereocenters. The smallest absolute Gasteiger partial charge is 0.241 e. The van der Waals surface area contributed by atoms with Gasteiger partial charge in [0.05, 0.1) is 35.2 Å². The normalized spacial score (nSPS) is 11.9. The number of nitrogens with one attached hydrogen (secondary N) is 3. The molecule has 2 amide bonds. The maximum Gasteiger partial charge on any atom is 0.241 e. The molecule has 8 nitrogen and oxygen atoms in total. The number of sulfonamides is 1. The largest absolute Gasteiger partial charge is 0.346 e. The molecule has 0 bridgehead atoms. The Morgan fingerprint density at radius 1 is 0.882 bits per heavy atom. The first kappa shape index (κ1) is 24.6. The minimum Gasteiger partial charge on any atom is -0.346 e. The molecular weight excluding hydrogens is 452 g/mol. The van der Waals surface area contributed by atoms with E-state index in [0.717, 1.165) is 11.1 Å². The number of carbonyl (C=O) groups excluding carboxylic acids is 2. The van der Waals surface area contributed by atoms with Gasteiger partial charge in [-0.25, -0.2) is 8.42 Å². The van der Waals surface area contributed by atoms with Crippen molar-refractivity contribution in [3.63, 3.8) is 0 Å². The van der Waals surface area contributed by atoms with Crippen LogP contribution in [0.5, 0.6) is 0 Å². The molecular formula is C25H24N4O4S. The van der Waals surface area contributed by atoms with Crippen molar-refractivity contribution in [1.29, 1.82) is 5.26 Å². The summed E-state index contributed by atoms with van der Waals surface area (Å²) >= 11 is 0. The molecule has 0 heterocycles. The lowest BCUT2D eigenvalue weighted by Crippen LogP contribution is -2.47. The maximum absolute atomic E-state index is 12.6. The number of nitriles is 1. The van der Waals surface area contributed by atoms with Gasteiger partial charge in [0.15, 0.2) is 0 Å². The number of rotatable bonds is 9. The zero-order valence-corrected chi connectivity index (χ0v) is 19.2. The van der Waals surface area contributed by atoms with Gasteiger partial charge < -0.3 is 10.6 Å². The van der Waals surface area contributed by atoms with E-state index in [9.17, 15) is 18.0 Å². The van der Waals surface area contributed by atoms with Crippen LogP contribution in [0, 0.1) is 11.3 Å². The molecule has 9 heteroatoms. The SMILES string of the molecule is CC(NS(=O)(=O)c1ccc(C#N)cc1)C(=O)NCC(=O)NC(c1ccccc1)c1ccccc1. The molecule has 3 rings (SSSR count). The molecule has 0 saturated heterocycles. The Labute approximate surface area is 198 Å². The number of benzene rings is 3. The molecule has 0 radical (unpaired) electrons. The molecule has 0 fully saturated rings. The summed E-state index contributed by atoms with van der Waals surface area (Å²) in [6, 6.07) is 24.6. The molecule has 174 valence electrons. The van der Waals surface area contributed by atoms with E-state index in [0.29, 0.717) is 5.56 Å². The third-order valence-electron chi connectivity index (χ3n) is 5.01. The van der Waals surface area contributed by atoms with Crippen molar-refractivity contribution in [1.82, 2.24) is 15.4 Å². The lowest BCUT2D eigenvalue weighted by molar-refractivity contribution is -0.127. The lowest BCUT2D eigenvalue weighted by atomic mass is 9.99. The van der Waals surface area contributed by atoms with Gasteiger partial charge in [-0.2, -0.15) is 9.98 Å². The standard InChI is InChI=1S/C25H24N4O4S/c1-18(29-34(32,33)22-14-12-19(16-26)13-15-22)25(31)27-17-23(30)28-24(20-8-4-2-5-9-20)21-10-6-3-7-11-21/h2-15,18,24,29H,17H2,1H3,(H,27,31)(H,28,30). The number of hydrogen-bond donors (Lipinski definition) is 3. The van der Waals surface area contributed by atoms with Crippen LogP contribution < -0.4 is 15.4 Å². The average molecular weight is 477 g/mol. The highest BCUT2D eigenvalue weighted by molar-refractivity contribution is 7.89. The van der Waals surface area contributed by atoms with Crippen LogP contribution in [0.2, 0.25) is 0 Å². The fraction of sp³-hybridized carbons (Fsp3) is 0.160. The Balaban J connectivity index is 1.59. The maximum atomic E-state index is 12.6. The zero-order chi connectivity index (χ0) is 24.6. The molecule has 0 spiro atoms. The highest BCUT2D eigenvalue weighted by Gasteiger charge is 2.23. The predicted molar refractivity (Wildman–Crippen MR) is 127 cm³/mol. The number of nitrogens with zero attached hydrogens (tertiary/aromatic N) is 1. The van der Waals surface area contributed by atoms with E-state index in [2.05, 4.69) is 15.4 Å². The fourth-order valence-corrected chi connectivity index (χ4v) is 4.45. The summed E-state index contributed by atoms with van der Waals surface area (Å²) in [6.45, 7) is 1.06. The summed E-state index contributed by atoms with van der Waals surface area (Å²) in [6.07, 6.45) is 0. The molecule has 3 aromatic carbocycles. The third kappa shape index (κ3) is 6.51. The predicted octanol–water partition coefficient (Wildman–Crippen LogP) is 2.25. The van der Waals surface area contributed by atoms with Crippen LogP contribution in [-0.2, 0) is 19.6 Å². The van der Waals surface area contributed by atoms with E-state index in [-0.39, 0.29) is 11.4 Å². The molecule has 1 atom stereocenters. The Morgan fingerprint density at radius 2 is 1.41 bits per heavy atom. The van der Waals surface area contributed by atoms with Gasteiger partial charge in [-0.3, -0.25) is 9.59 Å². The zero-order valence-electron chi connectivity index (χ0n) is 18.4. The molecule has 0 saturated carbocycles. The Morgan fingerprint density at radius 3 is 1.91 bits per heavy atom. The third-order valence-corrected chi connectivity index (χ3v) is 6.57. The van der Waals surface area contributed by atoms with Crippen molar-refractivity contribution < 1.29 is 18.0 Å². The minimum atomic E-state index is -3.98. The van der Waals surface area contributed by atoms with Crippen LogP contribution >= 0.6 is 0 Å². The highest BCUT2D eigenvalue weighted by Crippen LogP contribution is 2.21. The summed E-state index contributed by atoms with van der Waals surface area (Å²) in [5.41, 5.74) is 2.09. The number of carbonyl (C=O) groups is 2. The topological polar surface area (TPSA) is 128 Å². The fourth-order valence-electron chi connectivity index (χ4n) is 3.25. The summed E-state index contributed by atoms with van der Waals surface area (Å²) in [5.74, 6) is -1.07. The second-order valence-corrected chi connectivity index (χ2v) is 9.23. The highest BCUT2D eigenvalue weighted by atomic mass is 32.2. The van der Waals surface area contributed by atoms with E-state index in [1.54, 1.807) is 0 Å². The van der Waals surface area contributed by atoms with Gasteiger partial charge in [-0.1, -0.05) is 60.7 Å². The van der Waals surface area contributed by atoms with Crippen molar-refractivity contribution in [2.75, 3.05) is 6.54 Å². The van der Waals surface area contributed by atoms with Crippen molar-refractivity contribution in [2.24, 2.45) is 0 Å². The molecule has 0 aromatic heterocycles. The van der Waals surface area contributed by atoms with E-state index in [1.807, 2.05) is 66.7 Å². The van der Waals surface area contributed by atoms with Crippen LogP contribution in [0.15, 0.2) is 89.8 Å². The van der Waals surface area contributed by atoms with Crippen molar-refractivity contribution in [3.8, 4) is 6.07 Å². The summed E-state index contributed by atoms with van der Waals surface area (Å²) in [7, 11) is -3.98. The second kappa shape index (κ2) is 11.2. The quantitative estimate of drug-likeness (QED) is 0.436. The first-order chi connectivity index (χ1) is 16.3. The molecule has 3 N–H and O–H groups in total. The van der Waals surface area contributed by atoms with Gasteiger partial charge in [-0.05, 0) is 42.3 Å². The number of amides is 2. The van der Waals surface area contributed by atoms with Gasteiger partial charge in [0.2, 0.25) is 21.8 Å². The van der Waals surface area contributed by atoms with Crippen LogP contribution in [0.25, 0.3) is 0 Å². The van der Waals surface area contributed by atoms with E-state index in [4.69, 9.17) is 5.26 Å². The summed E-state index contributed by atoms with van der Waals surface area (Å²) in [5, 5.41) is 14.2.